The summed E-state index contributed by atoms with van der Waals surface area (Å²) >= 11 is 0. The van der Waals surface area contributed by atoms with Crippen LogP contribution in [0.5, 0.6) is 0 Å². The highest BCUT2D eigenvalue weighted by molar-refractivity contribution is 6.12. The summed E-state index contributed by atoms with van der Waals surface area (Å²) in [4.78, 5) is 27.9. The second kappa shape index (κ2) is 6.01. The lowest BCUT2D eigenvalue weighted by Crippen LogP contribution is -2.33. The normalized spacial score (nSPS) is 15.5. The van der Waals surface area contributed by atoms with Gasteiger partial charge < -0.3 is 4.57 Å². The van der Waals surface area contributed by atoms with E-state index >= 15 is 0 Å². The summed E-state index contributed by atoms with van der Waals surface area (Å²) in [6, 6.07) is 6.11. The van der Waals surface area contributed by atoms with Gasteiger partial charge >= 0.3 is 0 Å². The number of nitrogens with zero attached hydrogens (tertiary/aromatic N) is 5. The minimum Gasteiger partial charge on any atom is -0.306 e. The standard InChI is InChI=1S/C21H23N5O/c1-13(2)18-11-25(12-24-18)15-6-7-17-19(8-15)26(20(27)21(17,4)5)16-9-22-14(3)23-10-16/h6-13H,1-5H3. The van der Waals surface area contributed by atoms with Crippen molar-refractivity contribution in [3.63, 3.8) is 0 Å². The number of hydrogen-bond acceptors (Lipinski definition) is 4. The maximum absolute atomic E-state index is 13.2. The topological polar surface area (TPSA) is 63.9 Å². The molecule has 2 aromatic heterocycles. The summed E-state index contributed by atoms with van der Waals surface area (Å²) in [6.45, 7) is 9.98. The van der Waals surface area contributed by atoms with Gasteiger partial charge in [0.05, 0.1) is 41.2 Å². The molecule has 0 spiro atoms. The molecule has 0 atom stereocenters. The molecular weight excluding hydrogens is 338 g/mol. The van der Waals surface area contributed by atoms with Crippen molar-refractivity contribution in [1.29, 1.82) is 0 Å². The first-order chi connectivity index (χ1) is 12.8. The van der Waals surface area contributed by atoms with Crippen molar-refractivity contribution < 1.29 is 4.79 Å². The number of amides is 1. The van der Waals surface area contributed by atoms with E-state index in [-0.39, 0.29) is 5.91 Å². The van der Waals surface area contributed by atoms with Gasteiger partial charge in [0, 0.05) is 11.9 Å². The van der Waals surface area contributed by atoms with Crippen LogP contribution < -0.4 is 4.90 Å². The molecule has 138 valence electrons. The lowest BCUT2D eigenvalue weighted by atomic mass is 9.86. The Morgan fingerprint density at radius 2 is 1.74 bits per heavy atom. The third-order valence-electron chi connectivity index (χ3n) is 5.15. The first kappa shape index (κ1) is 17.4. The molecular formula is C21H23N5O. The van der Waals surface area contributed by atoms with E-state index in [2.05, 4.69) is 28.8 Å². The van der Waals surface area contributed by atoms with Crippen molar-refractivity contribution in [1.82, 2.24) is 19.5 Å². The summed E-state index contributed by atoms with van der Waals surface area (Å²) in [7, 11) is 0. The second-order valence-electron chi connectivity index (χ2n) is 7.82. The van der Waals surface area contributed by atoms with Crippen LogP contribution in [0, 0.1) is 6.92 Å². The Hall–Kier alpha value is -3.02. The van der Waals surface area contributed by atoms with E-state index in [0.717, 1.165) is 22.6 Å². The SMILES string of the molecule is Cc1ncc(N2C(=O)C(C)(C)c3ccc(-n4cnc(C(C)C)c4)cc32)cn1. The lowest BCUT2D eigenvalue weighted by Gasteiger charge is -2.20. The Labute approximate surface area is 158 Å². The lowest BCUT2D eigenvalue weighted by molar-refractivity contribution is -0.121. The molecule has 27 heavy (non-hydrogen) atoms. The first-order valence-electron chi connectivity index (χ1n) is 9.11. The van der Waals surface area contributed by atoms with Gasteiger partial charge in [-0.25, -0.2) is 15.0 Å². The van der Waals surface area contributed by atoms with E-state index in [1.165, 1.54) is 0 Å². The van der Waals surface area contributed by atoms with Crippen LogP contribution in [-0.4, -0.2) is 25.4 Å². The minimum absolute atomic E-state index is 0.0237. The Morgan fingerprint density at radius 3 is 2.37 bits per heavy atom. The number of anilines is 2. The number of fused-ring (bicyclic) bond motifs is 1. The van der Waals surface area contributed by atoms with Crippen molar-refractivity contribution in [2.75, 3.05) is 4.90 Å². The summed E-state index contributed by atoms with van der Waals surface area (Å²) in [5, 5.41) is 0. The molecule has 3 aromatic rings. The van der Waals surface area contributed by atoms with Crippen LogP contribution in [0.3, 0.4) is 0 Å². The molecule has 1 aromatic carbocycles. The molecule has 1 amide bonds. The molecule has 3 heterocycles. The molecule has 1 aliphatic rings. The third kappa shape index (κ3) is 2.72. The van der Waals surface area contributed by atoms with Crippen LogP contribution in [0.1, 0.15) is 50.7 Å². The van der Waals surface area contributed by atoms with E-state index in [9.17, 15) is 4.79 Å². The maximum Gasteiger partial charge on any atom is 0.241 e. The van der Waals surface area contributed by atoms with Gasteiger partial charge in [0.15, 0.2) is 0 Å². The number of aromatic nitrogens is 4. The molecule has 0 aliphatic carbocycles. The average Bonchev–Trinajstić information content (AvgIpc) is 3.20. The molecule has 0 fully saturated rings. The fraction of sp³-hybridized carbons (Fsp3) is 0.333. The molecule has 0 radical (unpaired) electrons. The first-order valence-corrected chi connectivity index (χ1v) is 9.11. The molecule has 1 aliphatic heterocycles. The molecule has 0 saturated heterocycles. The van der Waals surface area contributed by atoms with E-state index in [4.69, 9.17) is 0 Å². The van der Waals surface area contributed by atoms with Gasteiger partial charge in [-0.3, -0.25) is 9.69 Å². The molecule has 0 N–H and O–H groups in total. The highest BCUT2D eigenvalue weighted by atomic mass is 16.2. The summed E-state index contributed by atoms with van der Waals surface area (Å²) in [6.07, 6.45) is 7.25. The van der Waals surface area contributed by atoms with Gasteiger partial charge in [-0.1, -0.05) is 19.9 Å². The third-order valence-corrected chi connectivity index (χ3v) is 5.15. The van der Waals surface area contributed by atoms with Crippen LogP contribution in [0.15, 0.2) is 43.1 Å². The zero-order valence-corrected chi connectivity index (χ0v) is 16.3. The quantitative estimate of drug-likeness (QED) is 0.706. The van der Waals surface area contributed by atoms with Gasteiger partial charge in [-0.15, -0.1) is 0 Å². The van der Waals surface area contributed by atoms with Crippen LogP contribution in [0.4, 0.5) is 11.4 Å². The number of carbonyl (C=O) groups is 1. The average molecular weight is 361 g/mol. The van der Waals surface area contributed by atoms with Gasteiger partial charge in [0.1, 0.15) is 5.82 Å². The Kier molecular flexibility index (Phi) is 3.87. The van der Waals surface area contributed by atoms with Crippen LogP contribution in [-0.2, 0) is 10.2 Å². The maximum atomic E-state index is 13.2. The predicted molar refractivity (Wildman–Crippen MR) is 105 cm³/mol. The smallest absolute Gasteiger partial charge is 0.241 e. The molecule has 0 unspecified atom stereocenters. The number of aryl methyl sites for hydroxylation is 1. The van der Waals surface area contributed by atoms with E-state index in [1.807, 2.05) is 56.1 Å². The highest BCUT2D eigenvalue weighted by Crippen LogP contribution is 2.45. The van der Waals surface area contributed by atoms with Crippen molar-refractivity contribution >= 4 is 17.3 Å². The predicted octanol–water partition coefficient (Wildman–Crippen LogP) is 4.05. The van der Waals surface area contributed by atoms with Crippen LogP contribution >= 0.6 is 0 Å². The fourth-order valence-electron chi connectivity index (χ4n) is 3.43. The van der Waals surface area contributed by atoms with Crippen molar-refractivity contribution in [3.05, 3.63) is 60.2 Å². The molecule has 0 saturated carbocycles. The fourth-order valence-corrected chi connectivity index (χ4v) is 3.43. The van der Waals surface area contributed by atoms with Gasteiger partial charge in [0.2, 0.25) is 5.91 Å². The van der Waals surface area contributed by atoms with Crippen molar-refractivity contribution in [3.8, 4) is 5.69 Å². The monoisotopic (exact) mass is 361 g/mol. The van der Waals surface area contributed by atoms with E-state index in [1.54, 1.807) is 17.3 Å². The van der Waals surface area contributed by atoms with Gasteiger partial charge in [-0.05, 0) is 44.4 Å². The number of hydrogen-bond donors (Lipinski definition) is 0. The van der Waals surface area contributed by atoms with Gasteiger partial charge in [0.25, 0.3) is 0 Å². The number of benzene rings is 1. The number of imidazole rings is 1. The second-order valence-corrected chi connectivity index (χ2v) is 7.82. The zero-order chi connectivity index (χ0) is 19.3. The summed E-state index contributed by atoms with van der Waals surface area (Å²) < 4.78 is 2.00. The van der Waals surface area contributed by atoms with Crippen LogP contribution in [0.2, 0.25) is 0 Å². The molecule has 4 rings (SSSR count). The summed E-state index contributed by atoms with van der Waals surface area (Å²) in [5.41, 5.74) is 3.96. The number of carbonyl (C=O) groups excluding carboxylic acids is 1. The highest BCUT2D eigenvalue weighted by Gasteiger charge is 2.44. The van der Waals surface area contributed by atoms with E-state index < -0.39 is 5.41 Å². The van der Waals surface area contributed by atoms with Crippen molar-refractivity contribution in [2.24, 2.45) is 0 Å². The molecule has 6 nitrogen and oxygen atoms in total. The molecule has 0 bridgehead atoms. The Balaban J connectivity index is 1.84. The molecule has 6 heteroatoms. The number of rotatable bonds is 3. The Morgan fingerprint density at radius 1 is 1.04 bits per heavy atom. The minimum atomic E-state index is -0.600. The van der Waals surface area contributed by atoms with Crippen molar-refractivity contribution in [2.45, 2.75) is 46.0 Å². The van der Waals surface area contributed by atoms with E-state index in [0.29, 0.717) is 17.4 Å². The van der Waals surface area contributed by atoms with Crippen LogP contribution in [0.25, 0.3) is 5.69 Å². The van der Waals surface area contributed by atoms with Gasteiger partial charge in [-0.2, -0.15) is 0 Å². The largest absolute Gasteiger partial charge is 0.306 e. The summed E-state index contributed by atoms with van der Waals surface area (Å²) in [5.74, 6) is 1.07. The Bertz CT molecular complexity index is 1020. The zero-order valence-electron chi connectivity index (χ0n) is 16.3.